The SMILES string of the molecule is CC(C)C[C@@H](C(=O)N1C[C@]2(C[C@H]1C#N)C(=O)Nc1ccccc12)N(C)C(=O)c1ccc2nn(C3CC3)cc2c1. The Labute approximate surface area is 227 Å². The van der Waals surface area contributed by atoms with Crippen LogP contribution in [-0.4, -0.2) is 63.0 Å². The van der Waals surface area contributed by atoms with Gasteiger partial charge in [-0.2, -0.15) is 10.4 Å². The number of benzene rings is 2. The predicted molar refractivity (Wildman–Crippen MR) is 146 cm³/mol. The van der Waals surface area contributed by atoms with Crippen LogP contribution in [0.1, 0.15) is 61.5 Å². The van der Waals surface area contributed by atoms with Crippen molar-refractivity contribution in [2.24, 2.45) is 5.92 Å². The fraction of sp³-hybridized carbons (Fsp3) is 0.433. The van der Waals surface area contributed by atoms with Gasteiger partial charge in [-0.05, 0) is 55.0 Å². The maximum absolute atomic E-state index is 14.1. The number of para-hydroxylation sites is 1. The zero-order chi connectivity index (χ0) is 27.5. The number of anilines is 1. The van der Waals surface area contributed by atoms with E-state index in [1.165, 1.54) is 9.80 Å². The molecule has 1 saturated carbocycles. The molecular weight excluding hydrogens is 492 g/mol. The fourth-order valence-electron chi connectivity index (χ4n) is 6.10. The van der Waals surface area contributed by atoms with Crippen molar-refractivity contribution >= 4 is 34.3 Å². The Morgan fingerprint density at radius 3 is 2.72 bits per heavy atom. The first kappa shape index (κ1) is 25.1. The first-order chi connectivity index (χ1) is 18.7. The number of aromatic nitrogens is 2. The summed E-state index contributed by atoms with van der Waals surface area (Å²) in [5.74, 6) is -0.630. The van der Waals surface area contributed by atoms with Crippen LogP contribution >= 0.6 is 0 Å². The minimum Gasteiger partial charge on any atom is -0.330 e. The molecule has 0 unspecified atom stereocenters. The molecule has 2 aromatic carbocycles. The summed E-state index contributed by atoms with van der Waals surface area (Å²) in [7, 11) is 1.65. The lowest BCUT2D eigenvalue weighted by Gasteiger charge is -2.33. The summed E-state index contributed by atoms with van der Waals surface area (Å²) in [6.07, 6.45) is 4.89. The second-order valence-corrected chi connectivity index (χ2v) is 11.6. The van der Waals surface area contributed by atoms with Crippen LogP contribution < -0.4 is 5.32 Å². The number of nitriles is 1. The third-order valence-electron chi connectivity index (χ3n) is 8.37. The minimum atomic E-state index is -0.968. The number of fused-ring (bicyclic) bond motifs is 3. The Bertz CT molecular complexity index is 1530. The van der Waals surface area contributed by atoms with E-state index in [1.807, 2.05) is 61.1 Å². The number of hydrogen-bond donors (Lipinski definition) is 1. The van der Waals surface area contributed by atoms with Crippen LogP contribution in [0.4, 0.5) is 5.69 Å². The molecule has 200 valence electrons. The lowest BCUT2D eigenvalue weighted by Crippen LogP contribution is -2.52. The molecule has 1 aliphatic carbocycles. The van der Waals surface area contributed by atoms with Gasteiger partial charge in [0.15, 0.2) is 0 Å². The van der Waals surface area contributed by atoms with Crippen molar-refractivity contribution < 1.29 is 14.4 Å². The molecule has 1 saturated heterocycles. The summed E-state index contributed by atoms with van der Waals surface area (Å²) in [5, 5.41) is 18.5. The first-order valence-electron chi connectivity index (χ1n) is 13.6. The van der Waals surface area contributed by atoms with Gasteiger partial charge in [-0.15, -0.1) is 0 Å². The van der Waals surface area contributed by atoms with Gasteiger partial charge in [0.2, 0.25) is 11.8 Å². The summed E-state index contributed by atoms with van der Waals surface area (Å²) in [5.41, 5.74) is 1.89. The highest BCUT2D eigenvalue weighted by Crippen LogP contribution is 2.46. The van der Waals surface area contributed by atoms with Crippen LogP contribution in [0.5, 0.6) is 0 Å². The van der Waals surface area contributed by atoms with Gasteiger partial charge in [-0.1, -0.05) is 32.0 Å². The summed E-state index contributed by atoms with van der Waals surface area (Å²) in [4.78, 5) is 44.0. The van der Waals surface area contributed by atoms with E-state index in [1.54, 1.807) is 13.1 Å². The number of nitrogens with one attached hydrogen (secondary N) is 1. The Balaban J connectivity index is 1.29. The lowest BCUT2D eigenvalue weighted by molar-refractivity contribution is -0.136. The van der Waals surface area contributed by atoms with Crippen molar-refractivity contribution in [2.45, 2.75) is 63.1 Å². The molecule has 6 rings (SSSR count). The van der Waals surface area contributed by atoms with E-state index in [2.05, 4.69) is 16.5 Å². The number of likely N-dealkylation sites (N-methyl/N-ethyl adjacent to an activating group) is 1. The van der Waals surface area contributed by atoms with Gasteiger partial charge in [-0.3, -0.25) is 19.1 Å². The third kappa shape index (κ3) is 4.15. The molecule has 1 spiro atoms. The molecule has 3 amide bonds. The number of hydrogen-bond acceptors (Lipinski definition) is 5. The molecule has 3 heterocycles. The fourth-order valence-corrected chi connectivity index (χ4v) is 6.10. The van der Waals surface area contributed by atoms with Crippen molar-refractivity contribution in [1.82, 2.24) is 19.6 Å². The highest BCUT2D eigenvalue weighted by atomic mass is 16.2. The maximum atomic E-state index is 14.1. The highest BCUT2D eigenvalue weighted by molar-refractivity contribution is 6.07. The van der Waals surface area contributed by atoms with E-state index in [0.717, 1.165) is 35.0 Å². The Morgan fingerprint density at radius 1 is 1.23 bits per heavy atom. The summed E-state index contributed by atoms with van der Waals surface area (Å²) >= 11 is 0. The zero-order valence-electron chi connectivity index (χ0n) is 22.4. The van der Waals surface area contributed by atoms with Crippen molar-refractivity contribution in [1.29, 1.82) is 5.26 Å². The van der Waals surface area contributed by atoms with E-state index in [0.29, 0.717) is 18.0 Å². The van der Waals surface area contributed by atoms with Gasteiger partial charge in [-0.25, -0.2) is 0 Å². The molecule has 3 atom stereocenters. The summed E-state index contributed by atoms with van der Waals surface area (Å²) < 4.78 is 1.97. The van der Waals surface area contributed by atoms with E-state index < -0.39 is 17.5 Å². The summed E-state index contributed by atoms with van der Waals surface area (Å²) in [6, 6.07) is 14.0. The number of likely N-dealkylation sites (tertiary alicyclic amines) is 1. The largest absolute Gasteiger partial charge is 0.330 e. The molecule has 1 aromatic heterocycles. The molecule has 9 nitrogen and oxygen atoms in total. The van der Waals surface area contributed by atoms with Crippen LogP contribution in [-0.2, 0) is 15.0 Å². The molecule has 2 aliphatic heterocycles. The highest BCUT2D eigenvalue weighted by Gasteiger charge is 2.56. The molecule has 2 fully saturated rings. The standard InChI is InChI=1S/C30H32N6O3/c1-18(2)12-26(34(3)27(37)19-8-11-24-20(13-19)16-36(33-24)21-9-10-21)28(38)35-17-30(14-22(35)15-31)23-6-4-5-7-25(23)32-29(30)39/h4-8,11,13,16,18,21-22,26H,9-10,12,14,17H2,1-3H3,(H,32,39)/t22-,26-,30-/m0/s1. The monoisotopic (exact) mass is 524 g/mol. The van der Waals surface area contributed by atoms with Crippen LogP contribution in [0.3, 0.4) is 0 Å². The van der Waals surface area contributed by atoms with Gasteiger partial charge in [0.1, 0.15) is 12.1 Å². The number of amides is 3. The number of nitrogens with zero attached hydrogens (tertiary/aromatic N) is 5. The Hall–Kier alpha value is -4.19. The van der Waals surface area contributed by atoms with E-state index in [9.17, 15) is 19.6 Å². The van der Waals surface area contributed by atoms with Crippen molar-refractivity contribution in [3.8, 4) is 6.07 Å². The molecule has 39 heavy (non-hydrogen) atoms. The van der Waals surface area contributed by atoms with Gasteiger partial charge < -0.3 is 15.1 Å². The van der Waals surface area contributed by atoms with Crippen LogP contribution in [0.15, 0.2) is 48.7 Å². The molecule has 0 radical (unpaired) electrons. The molecular formula is C30H32N6O3. The zero-order valence-corrected chi connectivity index (χ0v) is 22.4. The smallest absolute Gasteiger partial charge is 0.254 e. The number of carbonyl (C=O) groups is 3. The van der Waals surface area contributed by atoms with Crippen LogP contribution in [0.2, 0.25) is 0 Å². The van der Waals surface area contributed by atoms with Crippen molar-refractivity contribution in [3.63, 3.8) is 0 Å². The third-order valence-corrected chi connectivity index (χ3v) is 8.37. The Morgan fingerprint density at radius 2 is 2.00 bits per heavy atom. The van der Waals surface area contributed by atoms with Crippen LogP contribution in [0, 0.1) is 17.2 Å². The molecule has 0 bridgehead atoms. The van der Waals surface area contributed by atoms with Crippen molar-refractivity contribution in [2.75, 3.05) is 18.9 Å². The average molecular weight is 525 g/mol. The number of carbonyl (C=O) groups excluding carboxylic acids is 3. The lowest BCUT2D eigenvalue weighted by atomic mass is 9.80. The topological polar surface area (TPSA) is 111 Å². The van der Waals surface area contributed by atoms with E-state index in [-0.39, 0.29) is 36.6 Å². The van der Waals surface area contributed by atoms with E-state index in [4.69, 9.17) is 0 Å². The molecule has 3 aliphatic rings. The minimum absolute atomic E-state index is 0.107. The van der Waals surface area contributed by atoms with Crippen LogP contribution in [0.25, 0.3) is 10.9 Å². The Kier molecular flexibility index (Phi) is 5.94. The summed E-state index contributed by atoms with van der Waals surface area (Å²) in [6.45, 7) is 4.12. The number of rotatable bonds is 6. The quantitative estimate of drug-likeness (QED) is 0.526. The van der Waals surface area contributed by atoms with Gasteiger partial charge in [0.25, 0.3) is 5.91 Å². The second-order valence-electron chi connectivity index (χ2n) is 11.6. The second kappa shape index (κ2) is 9.23. The normalized spacial score (nSPS) is 22.7. The first-order valence-corrected chi connectivity index (χ1v) is 13.6. The predicted octanol–water partition coefficient (Wildman–Crippen LogP) is 3.87. The molecule has 3 aromatic rings. The average Bonchev–Trinajstić information content (AvgIpc) is 3.48. The molecule has 9 heteroatoms. The maximum Gasteiger partial charge on any atom is 0.254 e. The van der Waals surface area contributed by atoms with Gasteiger partial charge in [0.05, 0.1) is 23.0 Å². The van der Waals surface area contributed by atoms with E-state index >= 15 is 0 Å². The van der Waals surface area contributed by atoms with Gasteiger partial charge in [0, 0.05) is 42.8 Å². The molecule has 1 N–H and O–H groups in total. The van der Waals surface area contributed by atoms with Crippen molar-refractivity contribution in [3.05, 3.63) is 59.8 Å². The van der Waals surface area contributed by atoms with Gasteiger partial charge >= 0.3 is 0 Å².